The van der Waals surface area contributed by atoms with Crippen LogP contribution < -0.4 is 10.2 Å². The van der Waals surface area contributed by atoms with Crippen LogP contribution in [0, 0.1) is 5.82 Å². The summed E-state index contributed by atoms with van der Waals surface area (Å²) in [6.07, 6.45) is 0. The molecule has 0 bridgehead atoms. The van der Waals surface area contributed by atoms with Crippen LogP contribution in [-0.4, -0.2) is 19.3 Å². The predicted octanol–water partition coefficient (Wildman–Crippen LogP) is 1.84. The van der Waals surface area contributed by atoms with Crippen LogP contribution in [0.2, 0.25) is 5.02 Å². The minimum atomic E-state index is -0.695. The summed E-state index contributed by atoms with van der Waals surface area (Å²) < 4.78 is 18.3. The minimum Gasteiger partial charge on any atom is -0.504 e. The summed E-state index contributed by atoms with van der Waals surface area (Å²) in [6.45, 7) is -0.00884. The SMILES string of the molecule is CONCc1c(O)c(OC)cc(Cl)c1F. The van der Waals surface area contributed by atoms with Crippen LogP contribution in [0.25, 0.3) is 0 Å². The Morgan fingerprint density at radius 3 is 2.73 bits per heavy atom. The Morgan fingerprint density at radius 1 is 1.53 bits per heavy atom. The van der Waals surface area contributed by atoms with Gasteiger partial charge in [-0.25, -0.2) is 4.39 Å². The molecule has 0 aliphatic rings. The molecule has 4 nitrogen and oxygen atoms in total. The van der Waals surface area contributed by atoms with Gasteiger partial charge < -0.3 is 14.7 Å². The number of ether oxygens (including phenoxy) is 1. The highest BCUT2D eigenvalue weighted by Gasteiger charge is 2.17. The highest BCUT2D eigenvalue weighted by atomic mass is 35.5. The number of phenols is 1. The zero-order valence-electron chi connectivity index (χ0n) is 8.30. The number of nitrogens with one attached hydrogen (secondary N) is 1. The molecule has 0 spiro atoms. The summed E-state index contributed by atoms with van der Waals surface area (Å²) in [7, 11) is 2.74. The number of phenolic OH excluding ortho intramolecular Hbond substituents is 1. The van der Waals surface area contributed by atoms with Crippen LogP contribution in [-0.2, 0) is 11.4 Å². The molecule has 0 fully saturated rings. The summed E-state index contributed by atoms with van der Waals surface area (Å²) in [5.74, 6) is -0.863. The summed E-state index contributed by atoms with van der Waals surface area (Å²) in [5, 5.41) is 9.49. The fraction of sp³-hybridized carbons (Fsp3) is 0.333. The molecule has 15 heavy (non-hydrogen) atoms. The Balaban J connectivity index is 3.15. The van der Waals surface area contributed by atoms with Gasteiger partial charge in [0.2, 0.25) is 0 Å². The topological polar surface area (TPSA) is 50.7 Å². The molecule has 0 unspecified atom stereocenters. The molecule has 84 valence electrons. The van der Waals surface area contributed by atoms with Gasteiger partial charge >= 0.3 is 0 Å². The maximum atomic E-state index is 13.5. The number of methoxy groups -OCH3 is 1. The monoisotopic (exact) mass is 235 g/mol. The average Bonchev–Trinajstić information content (AvgIpc) is 2.23. The Hall–Kier alpha value is -1.04. The molecule has 0 aliphatic carbocycles. The lowest BCUT2D eigenvalue weighted by Crippen LogP contribution is -2.12. The van der Waals surface area contributed by atoms with E-state index in [1.54, 1.807) is 0 Å². The van der Waals surface area contributed by atoms with Crippen LogP contribution in [0.1, 0.15) is 5.56 Å². The molecule has 0 saturated heterocycles. The number of halogens is 2. The molecule has 2 N–H and O–H groups in total. The average molecular weight is 236 g/mol. The lowest BCUT2D eigenvalue weighted by molar-refractivity contribution is 0.0852. The maximum absolute atomic E-state index is 13.5. The normalized spacial score (nSPS) is 10.4. The second-order valence-electron chi connectivity index (χ2n) is 2.73. The van der Waals surface area contributed by atoms with Crippen LogP contribution >= 0.6 is 11.6 Å². The van der Waals surface area contributed by atoms with Crippen molar-refractivity contribution >= 4 is 11.6 Å². The highest BCUT2D eigenvalue weighted by Crippen LogP contribution is 2.36. The van der Waals surface area contributed by atoms with Crippen LogP contribution in [0.4, 0.5) is 4.39 Å². The molecule has 1 aromatic carbocycles. The second-order valence-corrected chi connectivity index (χ2v) is 3.13. The first kappa shape index (κ1) is 12.0. The molecule has 0 amide bonds. The van der Waals surface area contributed by atoms with E-state index in [-0.39, 0.29) is 28.6 Å². The fourth-order valence-corrected chi connectivity index (χ4v) is 1.32. The van der Waals surface area contributed by atoms with Gasteiger partial charge in [0.05, 0.1) is 31.4 Å². The van der Waals surface area contributed by atoms with Crippen LogP contribution in [0.5, 0.6) is 11.5 Å². The van der Waals surface area contributed by atoms with E-state index >= 15 is 0 Å². The Kier molecular flexibility index (Phi) is 4.14. The first-order chi connectivity index (χ1) is 7.11. The number of rotatable bonds is 4. The van der Waals surface area contributed by atoms with Gasteiger partial charge in [0, 0.05) is 6.07 Å². The molecule has 0 aromatic heterocycles. The summed E-state index contributed by atoms with van der Waals surface area (Å²) in [4.78, 5) is 4.56. The number of benzene rings is 1. The molecular formula is C9H11ClFNO3. The smallest absolute Gasteiger partial charge is 0.165 e. The third-order valence-electron chi connectivity index (χ3n) is 1.86. The summed E-state index contributed by atoms with van der Waals surface area (Å²) in [5.41, 5.74) is 2.41. The van der Waals surface area contributed by atoms with E-state index in [4.69, 9.17) is 16.3 Å². The molecule has 0 radical (unpaired) electrons. The van der Waals surface area contributed by atoms with Gasteiger partial charge in [-0.15, -0.1) is 0 Å². The van der Waals surface area contributed by atoms with Gasteiger partial charge in [-0.05, 0) is 0 Å². The van der Waals surface area contributed by atoms with Gasteiger partial charge in [-0.1, -0.05) is 11.6 Å². The summed E-state index contributed by atoms with van der Waals surface area (Å²) >= 11 is 5.61. The Morgan fingerprint density at radius 2 is 2.20 bits per heavy atom. The van der Waals surface area contributed by atoms with Crippen LogP contribution in [0.3, 0.4) is 0 Å². The number of hydrogen-bond acceptors (Lipinski definition) is 4. The maximum Gasteiger partial charge on any atom is 0.165 e. The lowest BCUT2D eigenvalue weighted by Gasteiger charge is -2.11. The van der Waals surface area contributed by atoms with Crippen molar-refractivity contribution in [2.45, 2.75) is 6.54 Å². The predicted molar refractivity (Wildman–Crippen MR) is 53.5 cm³/mol. The molecule has 1 rings (SSSR count). The van der Waals surface area contributed by atoms with Crippen molar-refractivity contribution in [3.05, 3.63) is 22.5 Å². The quantitative estimate of drug-likeness (QED) is 0.782. The third kappa shape index (κ3) is 2.50. The van der Waals surface area contributed by atoms with Crippen LogP contribution in [0.15, 0.2) is 6.07 Å². The van der Waals surface area contributed by atoms with E-state index in [0.29, 0.717) is 0 Å². The van der Waals surface area contributed by atoms with E-state index in [1.165, 1.54) is 20.3 Å². The van der Waals surface area contributed by atoms with Crippen molar-refractivity contribution in [3.63, 3.8) is 0 Å². The third-order valence-corrected chi connectivity index (χ3v) is 2.14. The molecule has 1 aromatic rings. The molecule has 0 saturated carbocycles. The number of aromatic hydroxyl groups is 1. The molecule has 0 atom stereocenters. The number of hydrogen-bond donors (Lipinski definition) is 2. The van der Waals surface area contributed by atoms with Crippen molar-refractivity contribution in [1.29, 1.82) is 0 Å². The largest absolute Gasteiger partial charge is 0.504 e. The van der Waals surface area contributed by atoms with Crippen molar-refractivity contribution in [2.75, 3.05) is 14.2 Å². The second kappa shape index (κ2) is 5.16. The van der Waals surface area contributed by atoms with E-state index in [2.05, 4.69) is 10.3 Å². The molecule has 0 heterocycles. The van der Waals surface area contributed by atoms with Gasteiger partial charge in [-0.3, -0.25) is 0 Å². The summed E-state index contributed by atoms with van der Waals surface area (Å²) in [6, 6.07) is 1.21. The van der Waals surface area contributed by atoms with Crippen molar-refractivity contribution in [3.8, 4) is 11.5 Å². The van der Waals surface area contributed by atoms with Gasteiger partial charge in [0.25, 0.3) is 0 Å². The van der Waals surface area contributed by atoms with Crippen molar-refractivity contribution in [1.82, 2.24) is 5.48 Å². The van der Waals surface area contributed by atoms with E-state index in [0.717, 1.165) is 0 Å². The standard InChI is InChI=1S/C9H11ClFNO3/c1-14-7-3-6(10)8(11)5(9(7)13)4-12-15-2/h3,12-13H,4H2,1-2H3. The van der Waals surface area contributed by atoms with E-state index in [9.17, 15) is 9.50 Å². The van der Waals surface area contributed by atoms with E-state index < -0.39 is 5.82 Å². The number of hydroxylamine groups is 1. The first-order valence-corrected chi connectivity index (χ1v) is 4.49. The first-order valence-electron chi connectivity index (χ1n) is 4.11. The van der Waals surface area contributed by atoms with Crippen molar-refractivity contribution < 1.29 is 19.1 Å². The van der Waals surface area contributed by atoms with E-state index in [1.807, 2.05) is 0 Å². The zero-order chi connectivity index (χ0) is 11.4. The van der Waals surface area contributed by atoms with Gasteiger partial charge in [0.1, 0.15) is 5.82 Å². The van der Waals surface area contributed by atoms with Crippen molar-refractivity contribution in [2.24, 2.45) is 0 Å². The molecular weight excluding hydrogens is 225 g/mol. The van der Waals surface area contributed by atoms with Gasteiger partial charge in [-0.2, -0.15) is 5.48 Å². The minimum absolute atomic E-state index is 0.00111. The lowest BCUT2D eigenvalue weighted by atomic mass is 10.1. The zero-order valence-corrected chi connectivity index (χ0v) is 9.06. The Bertz CT molecular complexity index is 360. The van der Waals surface area contributed by atoms with Gasteiger partial charge in [0.15, 0.2) is 11.5 Å². The fourth-order valence-electron chi connectivity index (χ4n) is 1.10. The molecule has 0 aliphatic heterocycles. The Labute approximate surface area is 91.5 Å². The molecule has 6 heteroatoms. The highest BCUT2D eigenvalue weighted by molar-refractivity contribution is 6.31.